The number of aliphatic hydroxyl groups is 1. The van der Waals surface area contributed by atoms with Gasteiger partial charge in [-0.3, -0.25) is 4.84 Å². The number of hydrogen-bond acceptors (Lipinski definition) is 10. The largest absolute Gasteiger partial charge is 0.489 e. The summed E-state index contributed by atoms with van der Waals surface area (Å²) in [6.45, 7) is 1.05. The lowest BCUT2D eigenvalue weighted by molar-refractivity contribution is -0.0907. The fourth-order valence-electron chi connectivity index (χ4n) is 6.43. The van der Waals surface area contributed by atoms with E-state index in [1.54, 1.807) is 12.1 Å². The lowest BCUT2D eigenvalue weighted by Crippen LogP contribution is -2.51. The Morgan fingerprint density at radius 1 is 0.936 bits per heavy atom. The summed E-state index contributed by atoms with van der Waals surface area (Å²) in [5, 5.41) is 14.1. The molecule has 0 bridgehead atoms. The highest BCUT2D eigenvalue weighted by Crippen LogP contribution is 2.41. The van der Waals surface area contributed by atoms with E-state index in [4.69, 9.17) is 23.8 Å². The molecule has 1 amide bonds. The molecule has 3 fully saturated rings. The summed E-state index contributed by atoms with van der Waals surface area (Å²) in [5.74, 6) is 0.540. The third-order valence-electron chi connectivity index (χ3n) is 9.10. The number of alkyl carbamates (subject to hydrolysis) is 1. The Morgan fingerprint density at radius 2 is 1.62 bits per heavy atom. The standard InChI is InChI=1S/C35H42N2O9S/c38-31(30(21-25-9-3-1-4-10-25)37-34(39)45-32-24-44-33-29(32)17-20-42-33)22-36-46-35(18-7-8-19-35)47(40,41)28-15-13-27(14-16-28)43-23-26-11-5-2-6-12-26/h1-6,9-16,29-33,36,38H,7-8,17-24H2,(H,37,39)/t29-,30-,31+,32-,33+/m0/s1. The molecule has 12 heteroatoms. The van der Waals surface area contributed by atoms with Crippen LogP contribution < -0.4 is 15.5 Å². The van der Waals surface area contributed by atoms with Crippen LogP contribution in [-0.4, -0.2) is 68.8 Å². The summed E-state index contributed by atoms with van der Waals surface area (Å²) in [6.07, 6.45) is 0.447. The number of aliphatic hydroxyl groups excluding tert-OH is 1. The van der Waals surface area contributed by atoms with Gasteiger partial charge in [0, 0.05) is 6.54 Å². The Bertz CT molecular complexity index is 1550. The van der Waals surface area contributed by atoms with Crippen LogP contribution in [-0.2, 0) is 41.9 Å². The average molecular weight is 667 g/mol. The van der Waals surface area contributed by atoms with Gasteiger partial charge in [-0.25, -0.2) is 13.2 Å². The third-order valence-corrected chi connectivity index (χ3v) is 11.5. The topological polar surface area (TPSA) is 142 Å². The van der Waals surface area contributed by atoms with Crippen molar-refractivity contribution < 1.29 is 42.1 Å². The molecule has 1 aliphatic carbocycles. The molecule has 3 aromatic carbocycles. The number of hydrogen-bond donors (Lipinski definition) is 3. The van der Waals surface area contributed by atoms with E-state index in [2.05, 4.69) is 10.8 Å². The predicted octanol–water partition coefficient (Wildman–Crippen LogP) is 4.29. The lowest BCUT2D eigenvalue weighted by atomic mass is 10.0. The van der Waals surface area contributed by atoms with Crippen LogP contribution in [0.25, 0.3) is 0 Å². The van der Waals surface area contributed by atoms with Gasteiger partial charge in [-0.15, -0.1) is 0 Å². The van der Waals surface area contributed by atoms with Crippen molar-refractivity contribution in [3.63, 3.8) is 0 Å². The second-order valence-electron chi connectivity index (χ2n) is 12.3. The first-order valence-corrected chi connectivity index (χ1v) is 17.7. The van der Waals surface area contributed by atoms with E-state index < -0.39 is 39.1 Å². The Kier molecular flexibility index (Phi) is 10.8. The smallest absolute Gasteiger partial charge is 0.407 e. The lowest BCUT2D eigenvalue weighted by Gasteiger charge is -2.30. The van der Waals surface area contributed by atoms with Gasteiger partial charge in [0.05, 0.1) is 36.2 Å². The molecular weight excluding hydrogens is 624 g/mol. The second kappa shape index (κ2) is 15.1. The average Bonchev–Trinajstić information content (AvgIpc) is 3.85. The molecule has 1 saturated carbocycles. The maximum Gasteiger partial charge on any atom is 0.407 e. The minimum Gasteiger partial charge on any atom is -0.489 e. The number of benzene rings is 3. The summed E-state index contributed by atoms with van der Waals surface area (Å²) in [7, 11) is -3.92. The number of carbonyl (C=O) groups excluding carboxylic acids is 1. The first kappa shape index (κ1) is 33.4. The molecule has 0 radical (unpaired) electrons. The molecule has 0 unspecified atom stereocenters. The molecule has 252 valence electrons. The molecule has 0 aromatic heterocycles. The number of fused-ring (bicyclic) bond motifs is 1. The highest BCUT2D eigenvalue weighted by Gasteiger charge is 2.49. The van der Waals surface area contributed by atoms with Crippen LogP contribution in [0.1, 0.15) is 43.2 Å². The number of ether oxygens (including phenoxy) is 4. The van der Waals surface area contributed by atoms with Gasteiger partial charge in [-0.2, -0.15) is 5.48 Å². The number of hydroxylamine groups is 1. The van der Waals surface area contributed by atoms with Crippen LogP contribution in [0.4, 0.5) is 4.79 Å². The summed E-state index contributed by atoms with van der Waals surface area (Å²) in [6, 6.07) is 24.8. The van der Waals surface area contributed by atoms with Gasteiger partial charge >= 0.3 is 6.09 Å². The zero-order valence-electron chi connectivity index (χ0n) is 26.2. The molecule has 6 rings (SSSR count). The van der Waals surface area contributed by atoms with Gasteiger partial charge in [0.1, 0.15) is 18.5 Å². The van der Waals surface area contributed by atoms with E-state index in [1.165, 1.54) is 12.1 Å². The minimum atomic E-state index is -3.92. The number of sulfone groups is 1. The molecule has 2 saturated heterocycles. The molecule has 3 aliphatic rings. The quantitative estimate of drug-likeness (QED) is 0.214. The number of nitrogens with one attached hydrogen (secondary N) is 2. The number of amides is 1. The van der Waals surface area contributed by atoms with Crippen LogP contribution in [0.2, 0.25) is 0 Å². The molecule has 5 atom stereocenters. The van der Waals surface area contributed by atoms with Crippen molar-refractivity contribution in [2.75, 3.05) is 19.8 Å². The Morgan fingerprint density at radius 3 is 2.32 bits per heavy atom. The van der Waals surface area contributed by atoms with Crippen LogP contribution in [0, 0.1) is 5.92 Å². The monoisotopic (exact) mass is 666 g/mol. The molecule has 11 nitrogen and oxygen atoms in total. The summed E-state index contributed by atoms with van der Waals surface area (Å²) >= 11 is 0. The summed E-state index contributed by atoms with van der Waals surface area (Å²) in [5.41, 5.74) is 4.66. The number of carbonyl (C=O) groups is 1. The van der Waals surface area contributed by atoms with Gasteiger partial charge in [-0.1, -0.05) is 60.7 Å². The number of rotatable bonds is 14. The van der Waals surface area contributed by atoms with Crippen molar-refractivity contribution in [2.45, 2.75) is 79.5 Å². The highest BCUT2D eigenvalue weighted by atomic mass is 32.2. The Hall–Kier alpha value is -3.52. The van der Waals surface area contributed by atoms with Gasteiger partial charge in [0.2, 0.25) is 9.84 Å². The maximum absolute atomic E-state index is 13.9. The van der Waals surface area contributed by atoms with E-state index in [1.807, 2.05) is 60.7 Å². The summed E-state index contributed by atoms with van der Waals surface area (Å²) < 4.78 is 50.5. The van der Waals surface area contributed by atoms with E-state index >= 15 is 0 Å². The Balaban J connectivity index is 1.08. The molecule has 2 aliphatic heterocycles. The van der Waals surface area contributed by atoms with Gasteiger partial charge in [0.25, 0.3) is 0 Å². The molecule has 0 spiro atoms. The maximum atomic E-state index is 13.9. The fourth-order valence-corrected chi connectivity index (χ4v) is 8.35. The first-order valence-electron chi connectivity index (χ1n) is 16.2. The zero-order valence-corrected chi connectivity index (χ0v) is 27.0. The van der Waals surface area contributed by atoms with E-state index in [0.29, 0.717) is 51.1 Å². The van der Waals surface area contributed by atoms with Crippen molar-refractivity contribution in [2.24, 2.45) is 5.92 Å². The van der Waals surface area contributed by atoms with Crippen LogP contribution >= 0.6 is 0 Å². The van der Waals surface area contributed by atoms with Crippen LogP contribution in [0.15, 0.2) is 89.8 Å². The predicted molar refractivity (Wildman–Crippen MR) is 172 cm³/mol. The molecule has 3 aromatic rings. The highest BCUT2D eigenvalue weighted by molar-refractivity contribution is 7.92. The zero-order chi connectivity index (χ0) is 32.7. The SMILES string of the molecule is O=C(N[C@@H](Cc1ccccc1)[C@H](O)CNOC1(S(=O)(=O)c2ccc(OCc3ccccc3)cc2)CCCC1)O[C@H]1CO[C@H]2OCC[C@H]21. The third kappa shape index (κ3) is 7.97. The molecule has 2 heterocycles. The van der Waals surface area contributed by atoms with Crippen molar-refractivity contribution in [3.8, 4) is 5.75 Å². The Labute approximate surface area is 275 Å². The van der Waals surface area contributed by atoms with Gasteiger partial charge in [-0.05, 0) is 73.9 Å². The normalized spacial score (nSPS) is 23.1. The van der Waals surface area contributed by atoms with Crippen LogP contribution in [0.5, 0.6) is 5.75 Å². The molecular formula is C35H42N2O9S. The van der Waals surface area contributed by atoms with Crippen molar-refractivity contribution >= 4 is 15.9 Å². The van der Waals surface area contributed by atoms with E-state index in [0.717, 1.165) is 17.5 Å². The van der Waals surface area contributed by atoms with Crippen molar-refractivity contribution in [3.05, 3.63) is 96.1 Å². The fraction of sp³-hybridized carbons (Fsp3) is 0.457. The van der Waals surface area contributed by atoms with Crippen molar-refractivity contribution in [1.82, 2.24) is 10.8 Å². The van der Waals surface area contributed by atoms with Gasteiger partial charge in [0.15, 0.2) is 11.2 Å². The second-order valence-corrected chi connectivity index (χ2v) is 14.5. The van der Waals surface area contributed by atoms with E-state index in [9.17, 15) is 18.3 Å². The van der Waals surface area contributed by atoms with Gasteiger partial charge < -0.3 is 29.4 Å². The minimum absolute atomic E-state index is 0.0177. The molecule has 47 heavy (non-hydrogen) atoms. The van der Waals surface area contributed by atoms with Crippen molar-refractivity contribution in [1.29, 1.82) is 0 Å². The summed E-state index contributed by atoms with van der Waals surface area (Å²) in [4.78, 5) is 17.6. The first-order chi connectivity index (χ1) is 22.8. The van der Waals surface area contributed by atoms with Crippen LogP contribution in [0.3, 0.4) is 0 Å². The van der Waals surface area contributed by atoms with E-state index in [-0.39, 0.29) is 30.3 Å². The molecule has 3 N–H and O–H groups in total.